The van der Waals surface area contributed by atoms with E-state index in [1.165, 1.54) is 0 Å². The summed E-state index contributed by atoms with van der Waals surface area (Å²) in [6, 6.07) is 11.7. The summed E-state index contributed by atoms with van der Waals surface area (Å²) < 4.78 is 0. The van der Waals surface area contributed by atoms with Crippen LogP contribution in [0.3, 0.4) is 0 Å². The van der Waals surface area contributed by atoms with E-state index in [1.54, 1.807) is 11.3 Å². The van der Waals surface area contributed by atoms with Crippen LogP contribution >= 0.6 is 11.3 Å². The molecule has 0 saturated heterocycles. The third-order valence-electron chi connectivity index (χ3n) is 2.63. The lowest BCUT2D eigenvalue weighted by molar-refractivity contribution is 0.112. The van der Waals surface area contributed by atoms with Crippen molar-refractivity contribution in [2.24, 2.45) is 0 Å². The van der Waals surface area contributed by atoms with Crippen LogP contribution in [0.4, 0.5) is 10.8 Å². The van der Waals surface area contributed by atoms with Gasteiger partial charge >= 0.3 is 0 Å². The van der Waals surface area contributed by atoms with Gasteiger partial charge in [-0.15, -0.1) is 11.3 Å². The Hall–Kier alpha value is -2.07. The van der Waals surface area contributed by atoms with E-state index in [2.05, 4.69) is 10.3 Å². The number of benzene rings is 1. The van der Waals surface area contributed by atoms with Crippen LogP contribution in [0.15, 0.2) is 41.8 Å². The molecule has 2 heterocycles. The molecule has 0 spiro atoms. The van der Waals surface area contributed by atoms with Crippen molar-refractivity contribution in [2.75, 3.05) is 5.32 Å². The lowest BCUT2D eigenvalue weighted by atomic mass is 10.2. The van der Waals surface area contributed by atoms with Crippen molar-refractivity contribution >= 4 is 39.3 Å². The first-order chi connectivity index (χ1) is 8.38. The third-order valence-corrected chi connectivity index (χ3v) is 3.42. The number of H-pyrrole nitrogens is 1. The van der Waals surface area contributed by atoms with Crippen LogP contribution in [0.2, 0.25) is 0 Å². The molecule has 0 aliphatic carbocycles. The lowest BCUT2D eigenvalue weighted by Gasteiger charge is -2.00. The van der Waals surface area contributed by atoms with Crippen LogP contribution < -0.4 is 5.32 Å². The number of carbonyl (C=O) groups is 1. The molecule has 0 amide bonds. The number of aromatic nitrogens is 1. The number of carbonyl (C=O) groups excluding carboxylic acids is 1. The van der Waals surface area contributed by atoms with Gasteiger partial charge in [-0.3, -0.25) is 4.79 Å². The standard InChI is InChI=1S/C13H10N2OS/c16-8-10-9-4-1-2-5-11(9)14-13(10)15-12-6-3-7-17-12/h1-8,14-15H. The van der Waals surface area contributed by atoms with Crippen molar-refractivity contribution in [1.29, 1.82) is 0 Å². The zero-order valence-corrected chi connectivity index (χ0v) is 9.75. The van der Waals surface area contributed by atoms with E-state index < -0.39 is 0 Å². The largest absolute Gasteiger partial charge is 0.341 e. The molecule has 0 fully saturated rings. The summed E-state index contributed by atoms with van der Waals surface area (Å²) in [6.07, 6.45) is 0.884. The summed E-state index contributed by atoms with van der Waals surface area (Å²) in [5, 5.41) is 7.18. The van der Waals surface area contributed by atoms with Gasteiger partial charge in [0, 0.05) is 10.9 Å². The summed E-state index contributed by atoms with van der Waals surface area (Å²) in [6.45, 7) is 0. The van der Waals surface area contributed by atoms with Gasteiger partial charge in [0.2, 0.25) is 0 Å². The van der Waals surface area contributed by atoms with Crippen molar-refractivity contribution in [3.05, 3.63) is 47.3 Å². The minimum absolute atomic E-state index is 0.675. The molecule has 0 bridgehead atoms. The Labute approximate surface area is 102 Å². The van der Waals surface area contributed by atoms with Crippen molar-refractivity contribution in [3.8, 4) is 0 Å². The van der Waals surface area contributed by atoms with E-state index in [9.17, 15) is 4.79 Å². The Morgan fingerprint density at radius 2 is 2.06 bits per heavy atom. The Morgan fingerprint density at radius 3 is 2.82 bits per heavy atom. The predicted molar refractivity (Wildman–Crippen MR) is 71.3 cm³/mol. The number of para-hydroxylation sites is 1. The second-order valence-electron chi connectivity index (χ2n) is 3.68. The number of aldehydes is 1. The summed E-state index contributed by atoms with van der Waals surface area (Å²) in [5.41, 5.74) is 1.64. The van der Waals surface area contributed by atoms with Crippen molar-refractivity contribution < 1.29 is 4.79 Å². The molecule has 0 radical (unpaired) electrons. The van der Waals surface area contributed by atoms with Gasteiger partial charge in [0.25, 0.3) is 0 Å². The van der Waals surface area contributed by atoms with Crippen molar-refractivity contribution in [3.63, 3.8) is 0 Å². The van der Waals surface area contributed by atoms with Gasteiger partial charge in [-0.1, -0.05) is 18.2 Å². The fraction of sp³-hybridized carbons (Fsp3) is 0. The van der Waals surface area contributed by atoms with E-state index >= 15 is 0 Å². The molecule has 3 aromatic rings. The summed E-state index contributed by atoms with van der Waals surface area (Å²) >= 11 is 1.60. The zero-order valence-electron chi connectivity index (χ0n) is 8.94. The molecule has 2 aromatic heterocycles. The SMILES string of the molecule is O=Cc1c(Nc2cccs2)[nH]c2ccccc12. The monoisotopic (exact) mass is 242 g/mol. The molecule has 3 rings (SSSR count). The second kappa shape index (κ2) is 4.07. The molecule has 2 N–H and O–H groups in total. The minimum atomic E-state index is 0.675. The third kappa shape index (κ3) is 1.72. The Bertz CT molecular complexity index is 655. The molecule has 0 aliphatic heterocycles. The normalized spacial score (nSPS) is 10.6. The molecule has 0 atom stereocenters. The topological polar surface area (TPSA) is 44.9 Å². The average Bonchev–Trinajstić information content (AvgIpc) is 2.96. The number of aromatic amines is 1. The summed E-state index contributed by atoms with van der Waals surface area (Å²) in [7, 11) is 0. The van der Waals surface area contributed by atoms with Crippen LogP contribution in [0, 0.1) is 0 Å². The van der Waals surface area contributed by atoms with Crippen LogP contribution in [-0.4, -0.2) is 11.3 Å². The highest BCUT2D eigenvalue weighted by molar-refractivity contribution is 7.14. The first-order valence-corrected chi connectivity index (χ1v) is 6.13. The van der Waals surface area contributed by atoms with Crippen molar-refractivity contribution in [2.45, 2.75) is 0 Å². The maximum absolute atomic E-state index is 11.2. The molecular formula is C13H10N2OS. The number of rotatable bonds is 3. The number of thiophene rings is 1. The van der Waals surface area contributed by atoms with Gasteiger partial charge in [-0.05, 0) is 23.6 Å². The maximum Gasteiger partial charge on any atom is 0.154 e. The number of nitrogens with one attached hydrogen (secondary N) is 2. The molecule has 0 unspecified atom stereocenters. The van der Waals surface area contributed by atoms with Gasteiger partial charge in [0.1, 0.15) is 5.82 Å². The fourth-order valence-electron chi connectivity index (χ4n) is 1.86. The number of anilines is 2. The second-order valence-corrected chi connectivity index (χ2v) is 4.63. The molecule has 0 saturated carbocycles. The highest BCUT2D eigenvalue weighted by Crippen LogP contribution is 2.28. The van der Waals surface area contributed by atoms with E-state index in [0.717, 1.165) is 28.0 Å². The molecule has 84 valence electrons. The molecule has 4 heteroatoms. The molecule has 0 aliphatic rings. The first kappa shape index (κ1) is 10.1. The molecule has 1 aromatic carbocycles. The highest BCUT2D eigenvalue weighted by Gasteiger charge is 2.10. The van der Waals surface area contributed by atoms with Crippen LogP contribution in [0.25, 0.3) is 10.9 Å². The van der Waals surface area contributed by atoms with Gasteiger partial charge in [-0.25, -0.2) is 0 Å². The van der Waals surface area contributed by atoms with Gasteiger partial charge in [0.05, 0.1) is 10.6 Å². The average molecular weight is 242 g/mol. The van der Waals surface area contributed by atoms with Crippen LogP contribution in [-0.2, 0) is 0 Å². The highest BCUT2D eigenvalue weighted by atomic mass is 32.1. The van der Waals surface area contributed by atoms with E-state index in [-0.39, 0.29) is 0 Å². The minimum Gasteiger partial charge on any atom is -0.341 e. The molecule has 17 heavy (non-hydrogen) atoms. The predicted octanol–water partition coefficient (Wildman–Crippen LogP) is 3.79. The Morgan fingerprint density at radius 1 is 1.18 bits per heavy atom. The first-order valence-electron chi connectivity index (χ1n) is 5.25. The molecular weight excluding hydrogens is 232 g/mol. The lowest BCUT2D eigenvalue weighted by Crippen LogP contribution is -1.91. The van der Waals surface area contributed by atoms with Gasteiger partial charge < -0.3 is 10.3 Å². The molecule has 3 nitrogen and oxygen atoms in total. The number of hydrogen-bond donors (Lipinski definition) is 2. The Balaban J connectivity index is 2.12. The smallest absolute Gasteiger partial charge is 0.154 e. The van der Waals surface area contributed by atoms with E-state index in [1.807, 2.05) is 41.8 Å². The van der Waals surface area contributed by atoms with Crippen LogP contribution in [0.5, 0.6) is 0 Å². The van der Waals surface area contributed by atoms with Crippen molar-refractivity contribution in [1.82, 2.24) is 4.98 Å². The maximum atomic E-state index is 11.2. The fourth-order valence-corrected chi connectivity index (χ4v) is 2.48. The van der Waals surface area contributed by atoms with Gasteiger partial charge in [0.15, 0.2) is 6.29 Å². The van der Waals surface area contributed by atoms with E-state index in [0.29, 0.717) is 5.56 Å². The number of hydrogen-bond acceptors (Lipinski definition) is 3. The Kier molecular flexibility index (Phi) is 2.42. The van der Waals surface area contributed by atoms with Gasteiger partial charge in [-0.2, -0.15) is 0 Å². The summed E-state index contributed by atoms with van der Waals surface area (Å²) in [5.74, 6) is 0.753. The van der Waals surface area contributed by atoms with Crippen LogP contribution in [0.1, 0.15) is 10.4 Å². The van der Waals surface area contributed by atoms with E-state index in [4.69, 9.17) is 0 Å². The quantitative estimate of drug-likeness (QED) is 0.686. The number of fused-ring (bicyclic) bond motifs is 1. The summed E-state index contributed by atoms with van der Waals surface area (Å²) in [4.78, 5) is 14.4. The zero-order chi connectivity index (χ0) is 11.7.